The van der Waals surface area contributed by atoms with Gasteiger partial charge in [-0.15, -0.1) is 0 Å². The van der Waals surface area contributed by atoms with Crippen LogP contribution in [0, 0.1) is 17.5 Å². The van der Waals surface area contributed by atoms with Crippen molar-refractivity contribution in [2.75, 3.05) is 5.32 Å². The fraction of sp³-hybridized carbons (Fsp3) is 0.133. The Hall–Kier alpha value is -1.95. The summed E-state index contributed by atoms with van der Waals surface area (Å²) < 4.78 is 39.7. The van der Waals surface area contributed by atoms with E-state index in [1.54, 1.807) is 0 Å². The summed E-state index contributed by atoms with van der Waals surface area (Å²) in [7, 11) is 0. The molecule has 2 aromatic carbocycles. The third-order valence-corrected chi connectivity index (χ3v) is 3.25. The van der Waals surface area contributed by atoms with E-state index < -0.39 is 34.3 Å². The van der Waals surface area contributed by atoms with Crippen molar-refractivity contribution in [2.24, 2.45) is 0 Å². The molecule has 0 aliphatic heterocycles. The van der Waals surface area contributed by atoms with E-state index in [-0.39, 0.29) is 0 Å². The van der Waals surface area contributed by atoms with Gasteiger partial charge in [-0.3, -0.25) is 4.79 Å². The number of rotatable bonds is 4. The molecule has 21 heavy (non-hydrogen) atoms. The smallest absolute Gasteiger partial charge is 0.237 e. The van der Waals surface area contributed by atoms with Gasteiger partial charge >= 0.3 is 0 Å². The van der Waals surface area contributed by atoms with E-state index in [9.17, 15) is 18.0 Å². The van der Waals surface area contributed by atoms with Crippen LogP contribution in [-0.4, -0.2) is 11.2 Å². The molecule has 2 rings (SSSR count). The van der Waals surface area contributed by atoms with Crippen molar-refractivity contribution >= 4 is 24.2 Å². The summed E-state index contributed by atoms with van der Waals surface area (Å²) in [6, 6.07) is 10.1. The normalized spacial score (nSPS) is 12.0. The van der Waals surface area contributed by atoms with Gasteiger partial charge in [-0.25, -0.2) is 13.2 Å². The summed E-state index contributed by atoms with van der Waals surface area (Å²) in [6.45, 7) is 0. The number of hydrogen-bond acceptors (Lipinski definition) is 2. The summed E-state index contributed by atoms with van der Waals surface area (Å²) >= 11 is 4.12. The molecule has 0 saturated heterocycles. The van der Waals surface area contributed by atoms with Crippen LogP contribution < -0.4 is 5.32 Å². The first-order valence-electron chi connectivity index (χ1n) is 6.15. The number of anilines is 1. The van der Waals surface area contributed by atoms with Gasteiger partial charge in [-0.2, -0.15) is 12.6 Å². The van der Waals surface area contributed by atoms with E-state index in [1.165, 1.54) is 0 Å². The summed E-state index contributed by atoms with van der Waals surface area (Å²) in [5.74, 6) is -4.04. The number of benzene rings is 2. The molecule has 0 aliphatic rings. The molecule has 1 N–H and O–H groups in total. The maximum atomic E-state index is 13.4. The molecular formula is C15H12F3NOS. The highest BCUT2D eigenvalue weighted by atomic mass is 32.1. The second kappa shape index (κ2) is 6.67. The van der Waals surface area contributed by atoms with Gasteiger partial charge in [-0.1, -0.05) is 30.3 Å². The molecule has 1 atom stereocenters. The van der Waals surface area contributed by atoms with Crippen molar-refractivity contribution in [1.29, 1.82) is 0 Å². The lowest BCUT2D eigenvalue weighted by Crippen LogP contribution is -2.26. The van der Waals surface area contributed by atoms with Crippen molar-refractivity contribution in [3.8, 4) is 0 Å². The molecule has 0 aromatic heterocycles. The lowest BCUT2D eigenvalue weighted by Gasteiger charge is -2.13. The van der Waals surface area contributed by atoms with Crippen molar-refractivity contribution in [3.63, 3.8) is 0 Å². The van der Waals surface area contributed by atoms with Gasteiger partial charge in [-0.05, 0) is 12.0 Å². The fourth-order valence-electron chi connectivity index (χ4n) is 1.80. The van der Waals surface area contributed by atoms with Crippen LogP contribution in [0.4, 0.5) is 18.9 Å². The first kappa shape index (κ1) is 15.4. The van der Waals surface area contributed by atoms with Crippen molar-refractivity contribution in [3.05, 3.63) is 65.5 Å². The van der Waals surface area contributed by atoms with Gasteiger partial charge in [0, 0.05) is 12.1 Å². The molecule has 0 radical (unpaired) electrons. The van der Waals surface area contributed by atoms with E-state index in [2.05, 4.69) is 17.9 Å². The highest BCUT2D eigenvalue weighted by Gasteiger charge is 2.19. The summed E-state index contributed by atoms with van der Waals surface area (Å²) in [4.78, 5) is 11.9. The number of carbonyl (C=O) groups excluding carboxylic acids is 1. The zero-order chi connectivity index (χ0) is 15.4. The van der Waals surface area contributed by atoms with E-state index in [0.29, 0.717) is 18.6 Å². The third-order valence-electron chi connectivity index (χ3n) is 2.83. The molecule has 0 bridgehead atoms. The molecule has 1 unspecified atom stereocenters. The molecular weight excluding hydrogens is 299 g/mol. The maximum Gasteiger partial charge on any atom is 0.237 e. The number of hydrogen-bond donors (Lipinski definition) is 2. The molecule has 2 aromatic rings. The van der Waals surface area contributed by atoms with Crippen molar-refractivity contribution < 1.29 is 18.0 Å². The van der Waals surface area contributed by atoms with Gasteiger partial charge in [0.15, 0.2) is 11.6 Å². The quantitative estimate of drug-likeness (QED) is 0.830. The SMILES string of the molecule is O=C(Nc1c(F)cc(F)cc1F)C(S)Cc1ccccc1. The number of carbonyl (C=O) groups is 1. The Bertz CT molecular complexity index is 626. The lowest BCUT2D eigenvalue weighted by molar-refractivity contribution is -0.115. The van der Waals surface area contributed by atoms with Gasteiger partial charge in [0.25, 0.3) is 0 Å². The molecule has 0 spiro atoms. The Kier molecular flexibility index (Phi) is 4.90. The van der Waals surface area contributed by atoms with Crippen LogP contribution >= 0.6 is 12.6 Å². The van der Waals surface area contributed by atoms with Gasteiger partial charge in [0.05, 0.1) is 5.25 Å². The van der Waals surface area contributed by atoms with E-state index >= 15 is 0 Å². The molecule has 110 valence electrons. The van der Waals surface area contributed by atoms with Crippen molar-refractivity contribution in [2.45, 2.75) is 11.7 Å². The molecule has 0 fully saturated rings. The topological polar surface area (TPSA) is 29.1 Å². The predicted octanol–water partition coefficient (Wildman–Crippen LogP) is 3.58. The van der Waals surface area contributed by atoms with Crippen molar-refractivity contribution in [1.82, 2.24) is 0 Å². The minimum Gasteiger partial charge on any atom is -0.320 e. The summed E-state index contributed by atoms with van der Waals surface area (Å²) in [5.41, 5.74) is 0.196. The number of halogens is 3. The van der Waals surface area contributed by atoms with Crippen LogP contribution in [0.2, 0.25) is 0 Å². The maximum absolute atomic E-state index is 13.4. The zero-order valence-corrected chi connectivity index (χ0v) is 11.7. The second-order valence-corrected chi connectivity index (χ2v) is 5.06. The summed E-state index contributed by atoms with van der Waals surface area (Å²) in [5, 5.41) is 1.31. The van der Waals surface area contributed by atoms with Crippen LogP contribution in [0.1, 0.15) is 5.56 Å². The van der Waals surface area contributed by atoms with Crippen LogP contribution in [0.3, 0.4) is 0 Å². The monoisotopic (exact) mass is 311 g/mol. The van der Waals surface area contributed by atoms with Crippen LogP contribution in [0.25, 0.3) is 0 Å². The third kappa shape index (κ3) is 4.01. The number of nitrogens with one attached hydrogen (secondary N) is 1. The van der Waals surface area contributed by atoms with Gasteiger partial charge in [0.1, 0.15) is 11.5 Å². The van der Waals surface area contributed by atoms with E-state index in [1.807, 2.05) is 30.3 Å². The largest absolute Gasteiger partial charge is 0.320 e. The molecule has 0 aliphatic carbocycles. The molecule has 0 heterocycles. The van der Waals surface area contributed by atoms with E-state index in [4.69, 9.17) is 0 Å². The average Bonchev–Trinajstić information content (AvgIpc) is 2.43. The fourth-order valence-corrected chi connectivity index (χ4v) is 2.07. The van der Waals surface area contributed by atoms with Crippen LogP contribution in [0.5, 0.6) is 0 Å². The van der Waals surface area contributed by atoms with Crippen LogP contribution in [0.15, 0.2) is 42.5 Å². The summed E-state index contributed by atoms with van der Waals surface area (Å²) in [6.07, 6.45) is 0.306. The predicted molar refractivity (Wildman–Crippen MR) is 77.9 cm³/mol. The molecule has 2 nitrogen and oxygen atoms in total. The second-order valence-electron chi connectivity index (χ2n) is 4.44. The first-order chi connectivity index (χ1) is 9.97. The van der Waals surface area contributed by atoms with E-state index in [0.717, 1.165) is 5.56 Å². The molecule has 0 saturated carbocycles. The minimum atomic E-state index is -1.17. The van der Waals surface area contributed by atoms with Gasteiger partial charge < -0.3 is 5.32 Å². The highest BCUT2D eigenvalue weighted by molar-refractivity contribution is 7.81. The standard InChI is InChI=1S/C15H12F3NOS/c16-10-7-11(17)14(12(18)8-10)19-15(20)13(21)6-9-4-2-1-3-5-9/h1-5,7-8,13,21H,6H2,(H,19,20). The van der Waals surface area contributed by atoms with Crippen LogP contribution in [-0.2, 0) is 11.2 Å². The Labute approximate surface area is 125 Å². The Morgan fingerprint density at radius 1 is 1.10 bits per heavy atom. The zero-order valence-electron chi connectivity index (χ0n) is 10.8. The Morgan fingerprint density at radius 2 is 1.67 bits per heavy atom. The van der Waals surface area contributed by atoms with Gasteiger partial charge in [0.2, 0.25) is 5.91 Å². The average molecular weight is 311 g/mol. The molecule has 1 amide bonds. The Balaban J connectivity index is 2.08. The molecule has 6 heteroatoms. The minimum absolute atomic E-state index is 0.306. The number of amides is 1. The highest BCUT2D eigenvalue weighted by Crippen LogP contribution is 2.21. The lowest BCUT2D eigenvalue weighted by atomic mass is 10.1. The number of thiol groups is 1. The Morgan fingerprint density at radius 3 is 2.24 bits per heavy atom. The first-order valence-corrected chi connectivity index (χ1v) is 6.66.